The Morgan fingerprint density at radius 3 is 2.15 bits per heavy atom. The molecule has 0 aromatic carbocycles. The molecule has 20 heavy (non-hydrogen) atoms. The third kappa shape index (κ3) is 2.92. The fourth-order valence-corrected chi connectivity index (χ4v) is 6.59. The molecular formula is C18H33NO. The van der Waals surface area contributed by atoms with Crippen molar-refractivity contribution in [3.8, 4) is 0 Å². The smallest absolute Gasteiger partial charge is 0.0431 e. The van der Waals surface area contributed by atoms with Gasteiger partial charge in [-0.05, 0) is 74.7 Å². The minimum absolute atomic E-state index is 0.357. The van der Waals surface area contributed by atoms with E-state index in [0.717, 1.165) is 12.3 Å². The molecule has 0 spiro atoms. The Morgan fingerprint density at radius 2 is 1.55 bits per heavy atom. The van der Waals surface area contributed by atoms with Gasteiger partial charge < -0.3 is 10.4 Å². The molecule has 4 rings (SSSR count). The molecule has 0 heterocycles. The highest BCUT2D eigenvalue weighted by atomic mass is 16.2. The van der Waals surface area contributed by atoms with E-state index in [1.807, 2.05) is 0 Å². The van der Waals surface area contributed by atoms with Gasteiger partial charge in [0.05, 0.1) is 0 Å². The molecule has 0 aromatic heterocycles. The summed E-state index contributed by atoms with van der Waals surface area (Å²) in [5, 5.41) is 12.8. The Morgan fingerprint density at radius 1 is 0.900 bits per heavy atom. The predicted molar refractivity (Wildman–Crippen MR) is 83.7 cm³/mol. The van der Waals surface area contributed by atoms with Crippen LogP contribution in [0.4, 0.5) is 0 Å². The first-order valence-corrected chi connectivity index (χ1v) is 8.83. The fraction of sp³-hybridized carbons (Fsp3) is 1.00. The summed E-state index contributed by atoms with van der Waals surface area (Å²) in [5.74, 6) is 0.989. The number of nitrogens with one attached hydrogen (secondary N) is 1. The zero-order chi connectivity index (χ0) is 14.3. The van der Waals surface area contributed by atoms with Crippen LogP contribution in [0.2, 0.25) is 0 Å². The van der Waals surface area contributed by atoms with Crippen molar-refractivity contribution < 1.29 is 5.11 Å². The van der Waals surface area contributed by atoms with E-state index >= 15 is 0 Å². The summed E-state index contributed by atoms with van der Waals surface area (Å²) in [6.07, 6.45) is 13.4. The van der Waals surface area contributed by atoms with Gasteiger partial charge in [-0.1, -0.05) is 26.7 Å². The van der Waals surface area contributed by atoms with Gasteiger partial charge >= 0.3 is 0 Å². The molecule has 116 valence electrons. The minimum atomic E-state index is 0.357. The largest absolute Gasteiger partial charge is 0.396 e. The van der Waals surface area contributed by atoms with Crippen molar-refractivity contribution >= 4 is 0 Å². The summed E-state index contributed by atoms with van der Waals surface area (Å²) < 4.78 is 0. The van der Waals surface area contributed by atoms with Crippen LogP contribution in [0.5, 0.6) is 0 Å². The average molecular weight is 279 g/mol. The lowest BCUT2D eigenvalue weighted by Gasteiger charge is -2.65. The lowest BCUT2D eigenvalue weighted by molar-refractivity contribution is -0.117. The maximum atomic E-state index is 8.82. The van der Waals surface area contributed by atoms with Gasteiger partial charge in [0.2, 0.25) is 0 Å². The van der Waals surface area contributed by atoms with Gasteiger partial charge in [0.15, 0.2) is 0 Å². The summed E-state index contributed by atoms with van der Waals surface area (Å²) in [5.41, 5.74) is 1.72. The van der Waals surface area contributed by atoms with Crippen molar-refractivity contribution in [2.24, 2.45) is 16.7 Å². The van der Waals surface area contributed by atoms with E-state index in [1.54, 1.807) is 0 Å². The van der Waals surface area contributed by atoms with Crippen molar-refractivity contribution in [3.63, 3.8) is 0 Å². The van der Waals surface area contributed by atoms with Crippen molar-refractivity contribution in [1.29, 1.82) is 0 Å². The van der Waals surface area contributed by atoms with Crippen molar-refractivity contribution in [2.75, 3.05) is 13.2 Å². The van der Waals surface area contributed by atoms with Gasteiger partial charge in [0, 0.05) is 12.1 Å². The molecule has 4 aliphatic rings. The molecular weight excluding hydrogens is 246 g/mol. The Hall–Kier alpha value is -0.0800. The zero-order valence-corrected chi connectivity index (χ0v) is 13.5. The van der Waals surface area contributed by atoms with E-state index in [1.165, 1.54) is 64.3 Å². The van der Waals surface area contributed by atoms with E-state index in [-0.39, 0.29) is 0 Å². The number of hydrogen-bond donors (Lipinski definition) is 2. The van der Waals surface area contributed by atoms with Crippen LogP contribution in [0.25, 0.3) is 0 Å². The van der Waals surface area contributed by atoms with E-state index in [9.17, 15) is 0 Å². The van der Waals surface area contributed by atoms with Crippen LogP contribution in [0.3, 0.4) is 0 Å². The standard InChI is InChI=1S/C18H33NO/c1-16-9-15-10-17(2,12-16)14-18(11-15,13-16)19-7-5-3-4-6-8-20/h15,19-20H,3-14H2,1-2H3. The number of hydrogen-bond acceptors (Lipinski definition) is 2. The SMILES string of the molecule is CC12CC3CC(C)(C1)CC(NCCCCCCO)(C3)C2. The molecule has 2 unspecified atom stereocenters. The number of aliphatic hydroxyl groups excluding tert-OH is 1. The summed E-state index contributed by atoms with van der Waals surface area (Å²) in [7, 11) is 0. The predicted octanol–water partition coefficient (Wildman–Crippen LogP) is 3.88. The Labute approximate surface area is 124 Å². The molecule has 0 aliphatic heterocycles. The second kappa shape index (κ2) is 5.28. The minimum Gasteiger partial charge on any atom is -0.396 e. The van der Waals surface area contributed by atoms with Crippen molar-refractivity contribution in [2.45, 2.75) is 83.6 Å². The summed E-state index contributed by atoms with van der Waals surface area (Å²) in [4.78, 5) is 0. The maximum Gasteiger partial charge on any atom is 0.0431 e. The third-order valence-corrected chi connectivity index (χ3v) is 6.21. The second-order valence-electron chi connectivity index (χ2n) is 8.97. The van der Waals surface area contributed by atoms with Crippen LogP contribution in [0.1, 0.15) is 78.1 Å². The molecule has 4 aliphatic carbocycles. The lowest BCUT2D eigenvalue weighted by Crippen LogP contribution is -2.64. The first kappa shape index (κ1) is 14.8. The molecule has 4 fully saturated rings. The topological polar surface area (TPSA) is 32.3 Å². The van der Waals surface area contributed by atoms with E-state index in [2.05, 4.69) is 19.2 Å². The highest BCUT2D eigenvalue weighted by Gasteiger charge is 2.59. The molecule has 0 aromatic rings. The van der Waals surface area contributed by atoms with E-state index in [0.29, 0.717) is 23.0 Å². The molecule has 0 amide bonds. The quantitative estimate of drug-likeness (QED) is 0.693. The summed E-state index contributed by atoms with van der Waals surface area (Å²) in [6, 6.07) is 0. The van der Waals surface area contributed by atoms with E-state index in [4.69, 9.17) is 5.11 Å². The van der Waals surface area contributed by atoms with Crippen LogP contribution in [-0.4, -0.2) is 23.8 Å². The maximum absolute atomic E-state index is 8.82. The molecule has 0 radical (unpaired) electrons. The van der Waals surface area contributed by atoms with E-state index < -0.39 is 0 Å². The van der Waals surface area contributed by atoms with Crippen molar-refractivity contribution in [3.05, 3.63) is 0 Å². The van der Waals surface area contributed by atoms with Crippen LogP contribution >= 0.6 is 0 Å². The molecule has 2 nitrogen and oxygen atoms in total. The van der Waals surface area contributed by atoms with Gasteiger partial charge in [-0.25, -0.2) is 0 Å². The van der Waals surface area contributed by atoms with Crippen LogP contribution in [-0.2, 0) is 0 Å². The highest BCUT2D eigenvalue weighted by Crippen LogP contribution is 2.66. The van der Waals surface area contributed by atoms with Gasteiger partial charge in [-0.15, -0.1) is 0 Å². The molecule has 4 bridgehead atoms. The average Bonchev–Trinajstić information content (AvgIpc) is 2.29. The Bertz CT molecular complexity index is 335. The molecule has 2 atom stereocenters. The monoisotopic (exact) mass is 279 g/mol. The Balaban J connectivity index is 1.53. The van der Waals surface area contributed by atoms with Gasteiger partial charge in [-0.2, -0.15) is 0 Å². The van der Waals surface area contributed by atoms with Crippen molar-refractivity contribution in [1.82, 2.24) is 5.32 Å². The number of rotatable bonds is 7. The summed E-state index contributed by atoms with van der Waals surface area (Å²) in [6.45, 7) is 6.64. The van der Waals surface area contributed by atoms with Gasteiger partial charge in [0.1, 0.15) is 0 Å². The Kier molecular flexibility index (Phi) is 3.92. The molecule has 0 saturated heterocycles. The van der Waals surface area contributed by atoms with Crippen LogP contribution in [0.15, 0.2) is 0 Å². The van der Waals surface area contributed by atoms with Crippen LogP contribution < -0.4 is 5.32 Å². The first-order valence-electron chi connectivity index (χ1n) is 8.83. The highest BCUT2D eigenvalue weighted by molar-refractivity contribution is 5.14. The normalized spacial score (nSPS) is 46.0. The van der Waals surface area contributed by atoms with Gasteiger partial charge in [0.25, 0.3) is 0 Å². The number of unbranched alkanes of at least 4 members (excludes halogenated alkanes) is 3. The van der Waals surface area contributed by atoms with Crippen LogP contribution in [0, 0.1) is 16.7 Å². The molecule has 2 N–H and O–H groups in total. The zero-order valence-electron chi connectivity index (χ0n) is 13.5. The van der Waals surface area contributed by atoms with Gasteiger partial charge in [-0.3, -0.25) is 0 Å². The molecule has 4 saturated carbocycles. The lowest BCUT2D eigenvalue weighted by atomic mass is 9.43. The molecule has 2 heteroatoms. The first-order chi connectivity index (χ1) is 9.47. The summed E-state index contributed by atoms with van der Waals surface area (Å²) >= 11 is 0. The second-order valence-corrected chi connectivity index (χ2v) is 8.97. The third-order valence-electron chi connectivity index (χ3n) is 6.21. The number of aliphatic hydroxyl groups is 1. The fourth-order valence-electron chi connectivity index (χ4n) is 6.59.